The first-order valence-corrected chi connectivity index (χ1v) is 8.75. The molecule has 1 aliphatic rings. The molecule has 1 saturated heterocycles. The summed E-state index contributed by atoms with van der Waals surface area (Å²) in [6, 6.07) is 6.79. The van der Waals surface area contributed by atoms with Gasteiger partial charge >= 0.3 is 11.8 Å². The van der Waals surface area contributed by atoms with Crippen molar-refractivity contribution in [1.29, 1.82) is 0 Å². The minimum atomic E-state index is -0.592. The summed E-state index contributed by atoms with van der Waals surface area (Å²) in [5.74, 6) is -1.07. The van der Waals surface area contributed by atoms with Gasteiger partial charge in [0.2, 0.25) is 0 Å². The fraction of sp³-hybridized carbons (Fsp3) is 0.556. The van der Waals surface area contributed by atoms with E-state index in [-0.39, 0.29) is 5.82 Å². The molecule has 0 saturated carbocycles. The van der Waals surface area contributed by atoms with Crippen molar-refractivity contribution >= 4 is 17.5 Å². The van der Waals surface area contributed by atoms with Gasteiger partial charge in [-0.3, -0.25) is 14.5 Å². The number of anilines is 1. The highest BCUT2D eigenvalue weighted by molar-refractivity contribution is 6.35. The molecule has 2 N–H and O–H groups in total. The molecule has 138 valence electrons. The molecule has 0 bridgehead atoms. The Morgan fingerprint density at radius 3 is 2.36 bits per heavy atom. The van der Waals surface area contributed by atoms with E-state index in [1.54, 1.807) is 12.1 Å². The van der Waals surface area contributed by atoms with Gasteiger partial charge in [0.1, 0.15) is 5.82 Å². The maximum absolute atomic E-state index is 13.8. The molecule has 0 unspecified atom stereocenters. The molecule has 0 atom stereocenters. The maximum atomic E-state index is 13.8. The number of piperazine rings is 1. The van der Waals surface area contributed by atoms with E-state index in [2.05, 4.69) is 15.5 Å². The summed E-state index contributed by atoms with van der Waals surface area (Å²) >= 11 is 0. The molecular weight excluding hydrogens is 323 g/mol. The fourth-order valence-corrected chi connectivity index (χ4v) is 2.71. The zero-order valence-corrected chi connectivity index (χ0v) is 14.9. The van der Waals surface area contributed by atoms with Crippen molar-refractivity contribution in [3.8, 4) is 0 Å². The van der Waals surface area contributed by atoms with Crippen LogP contribution in [0, 0.1) is 11.7 Å². The minimum Gasteiger partial charge on any atom is -0.367 e. The van der Waals surface area contributed by atoms with Gasteiger partial charge in [0.05, 0.1) is 5.69 Å². The molecular formula is C18H27FN4O2. The standard InChI is InChI=1S/C18H27FN4O2/c1-14(2)13-21-18(25)17(24)20-7-8-22-9-11-23(12-10-22)16-6-4-3-5-15(16)19/h3-6,14H,7-13H2,1-2H3,(H,20,24)(H,21,25). The molecule has 0 spiro atoms. The van der Waals surface area contributed by atoms with E-state index >= 15 is 0 Å². The molecule has 1 fully saturated rings. The zero-order valence-electron chi connectivity index (χ0n) is 14.9. The van der Waals surface area contributed by atoms with E-state index in [4.69, 9.17) is 0 Å². The topological polar surface area (TPSA) is 64.7 Å². The van der Waals surface area contributed by atoms with Crippen molar-refractivity contribution < 1.29 is 14.0 Å². The minimum absolute atomic E-state index is 0.198. The quantitative estimate of drug-likeness (QED) is 0.746. The van der Waals surface area contributed by atoms with E-state index < -0.39 is 11.8 Å². The first-order chi connectivity index (χ1) is 12.0. The first-order valence-electron chi connectivity index (χ1n) is 8.75. The zero-order chi connectivity index (χ0) is 18.2. The first kappa shape index (κ1) is 19.2. The molecule has 0 radical (unpaired) electrons. The van der Waals surface area contributed by atoms with Crippen LogP contribution in [0.15, 0.2) is 24.3 Å². The summed E-state index contributed by atoms with van der Waals surface area (Å²) in [5, 5.41) is 5.23. The third-order valence-corrected chi connectivity index (χ3v) is 4.16. The van der Waals surface area contributed by atoms with Crippen LogP contribution >= 0.6 is 0 Å². The van der Waals surface area contributed by atoms with Crippen LogP contribution in [-0.2, 0) is 9.59 Å². The Hall–Kier alpha value is -2.15. The Bertz CT molecular complexity index is 586. The second kappa shape index (κ2) is 9.36. The van der Waals surface area contributed by atoms with Gasteiger partial charge in [0.25, 0.3) is 0 Å². The summed E-state index contributed by atoms with van der Waals surface area (Å²) in [6.07, 6.45) is 0. The van der Waals surface area contributed by atoms with Crippen molar-refractivity contribution in [2.75, 3.05) is 50.7 Å². The number of nitrogens with zero attached hydrogens (tertiary/aromatic N) is 2. The van der Waals surface area contributed by atoms with Crippen LogP contribution in [-0.4, -0.2) is 62.5 Å². The second-order valence-electron chi connectivity index (χ2n) is 6.64. The largest absolute Gasteiger partial charge is 0.367 e. The Morgan fingerprint density at radius 1 is 1.08 bits per heavy atom. The number of carbonyl (C=O) groups excluding carboxylic acids is 2. The van der Waals surface area contributed by atoms with Gasteiger partial charge < -0.3 is 15.5 Å². The van der Waals surface area contributed by atoms with Crippen LogP contribution < -0.4 is 15.5 Å². The lowest BCUT2D eigenvalue weighted by Crippen LogP contribution is -2.49. The van der Waals surface area contributed by atoms with Crippen LogP contribution in [0.2, 0.25) is 0 Å². The number of carbonyl (C=O) groups is 2. The van der Waals surface area contributed by atoms with Crippen molar-refractivity contribution in [2.24, 2.45) is 5.92 Å². The lowest BCUT2D eigenvalue weighted by molar-refractivity contribution is -0.139. The summed E-state index contributed by atoms with van der Waals surface area (Å²) < 4.78 is 13.8. The monoisotopic (exact) mass is 350 g/mol. The number of rotatable bonds is 6. The van der Waals surface area contributed by atoms with Crippen molar-refractivity contribution in [2.45, 2.75) is 13.8 Å². The normalized spacial score (nSPS) is 15.3. The molecule has 2 rings (SSSR count). The number of para-hydroxylation sites is 1. The summed E-state index contributed by atoms with van der Waals surface area (Å²) in [6.45, 7) is 8.60. The highest BCUT2D eigenvalue weighted by Crippen LogP contribution is 2.19. The van der Waals surface area contributed by atoms with Crippen LogP contribution in [0.25, 0.3) is 0 Å². The van der Waals surface area contributed by atoms with E-state index in [0.717, 1.165) is 26.2 Å². The van der Waals surface area contributed by atoms with E-state index in [1.807, 2.05) is 24.8 Å². The SMILES string of the molecule is CC(C)CNC(=O)C(=O)NCCN1CCN(c2ccccc2F)CC1. The average molecular weight is 350 g/mol. The van der Waals surface area contributed by atoms with Gasteiger partial charge in [-0.2, -0.15) is 0 Å². The summed E-state index contributed by atoms with van der Waals surface area (Å²) in [5.41, 5.74) is 0.636. The molecule has 6 nitrogen and oxygen atoms in total. The van der Waals surface area contributed by atoms with Gasteiger partial charge in [0.15, 0.2) is 0 Å². The Balaban J connectivity index is 1.66. The van der Waals surface area contributed by atoms with E-state index in [0.29, 0.717) is 31.2 Å². The van der Waals surface area contributed by atoms with Crippen LogP contribution in [0.4, 0.5) is 10.1 Å². The predicted molar refractivity (Wildman–Crippen MR) is 95.9 cm³/mol. The third-order valence-electron chi connectivity index (χ3n) is 4.16. The lowest BCUT2D eigenvalue weighted by Gasteiger charge is -2.36. The number of nitrogens with one attached hydrogen (secondary N) is 2. The number of halogens is 1. The summed E-state index contributed by atoms with van der Waals surface area (Å²) in [4.78, 5) is 27.5. The molecule has 1 aromatic rings. The molecule has 1 aromatic carbocycles. The van der Waals surface area contributed by atoms with E-state index in [1.165, 1.54) is 6.07 Å². The third kappa shape index (κ3) is 6.01. The van der Waals surface area contributed by atoms with Gasteiger partial charge in [-0.25, -0.2) is 4.39 Å². The highest BCUT2D eigenvalue weighted by atomic mass is 19.1. The number of benzene rings is 1. The number of amides is 2. The van der Waals surface area contributed by atoms with Crippen LogP contribution in [0.5, 0.6) is 0 Å². The van der Waals surface area contributed by atoms with E-state index in [9.17, 15) is 14.0 Å². The number of hydrogen-bond acceptors (Lipinski definition) is 4. The van der Waals surface area contributed by atoms with Crippen LogP contribution in [0.3, 0.4) is 0 Å². The Kier molecular flexibility index (Phi) is 7.18. The van der Waals surface area contributed by atoms with Gasteiger partial charge in [-0.15, -0.1) is 0 Å². The van der Waals surface area contributed by atoms with Crippen LogP contribution in [0.1, 0.15) is 13.8 Å². The molecule has 25 heavy (non-hydrogen) atoms. The Labute approximate surface area is 148 Å². The Morgan fingerprint density at radius 2 is 1.72 bits per heavy atom. The maximum Gasteiger partial charge on any atom is 0.309 e. The van der Waals surface area contributed by atoms with Gasteiger partial charge in [-0.1, -0.05) is 26.0 Å². The molecule has 1 heterocycles. The van der Waals surface area contributed by atoms with Gasteiger partial charge in [0, 0.05) is 45.8 Å². The smallest absolute Gasteiger partial charge is 0.309 e. The second-order valence-corrected chi connectivity index (χ2v) is 6.64. The van der Waals surface area contributed by atoms with Crippen molar-refractivity contribution in [1.82, 2.24) is 15.5 Å². The predicted octanol–water partition coefficient (Wildman–Crippen LogP) is 0.836. The summed E-state index contributed by atoms with van der Waals surface area (Å²) in [7, 11) is 0. The number of hydrogen-bond donors (Lipinski definition) is 2. The highest BCUT2D eigenvalue weighted by Gasteiger charge is 2.19. The molecule has 0 aromatic heterocycles. The molecule has 0 aliphatic carbocycles. The molecule has 2 amide bonds. The molecule has 7 heteroatoms. The molecule has 1 aliphatic heterocycles. The lowest BCUT2D eigenvalue weighted by atomic mass is 10.2. The fourth-order valence-electron chi connectivity index (χ4n) is 2.71. The van der Waals surface area contributed by atoms with Crippen molar-refractivity contribution in [3.05, 3.63) is 30.1 Å². The van der Waals surface area contributed by atoms with Crippen molar-refractivity contribution in [3.63, 3.8) is 0 Å². The average Bonchev–Trinajstić information content (AvgIpc) is 2.60. The van der Waals surface area contributed by atoms with Gasteiger partial charge in [-0.05, 0) is 18.1 Å².